The number of sulfonamides is 1. The summed E-state index contributed by atoms with van der Waals surface area (Å²) < 4.78 is 28.3. The van der Waals surface area contributed by atoms with Crippen LogP contribution in [0, 0.1) is 12.8 Å². The van der Waals surface area contributed by atoms with Crippen molar-refractivity contribution in [2.45, 2.75) is 44.6 Å². The minimum Gasteiger partial charge on any atom is -0.371 e. The van der Waals surface area contributed by atoms with Crippen LogP contribution in [0.15, 0.2) is 71.6 Å². The number of amides is 1. The molecule has 6 nitrogen and oxygen atoms in total. The molecule has 1 amide bonds. The van der Waals surface area contributed by atoms with Gasteiger partial charge in [-0.25, -0.2) is 8.42 Å². The van der Waals surface area contributed by atoms with Gasteiger partial charge in [0.25, 0.3) is 10.0 Å². The predicted molar refractivity (Wildman–Crippen MR) is 156 cm³/mol. The lowest BCUT2D eigenvalue weighted by Crippen LogP contribution is -2.41. The number of hydrogen-bond acceptors (Lipinski definition) is 4. The molecule has 0 radical (unpaired) electrons. The van der Waals surface area contributed by atoms with E-state index in [0.29, 0.717) is 5.92 Å². The van der Waals surface area contributed by atoms with Crippen molar-refractivity contribution >= 4 is 50.5 Å². The fourth-order valence-electron chi connectivity index (χ4n) is 4.73. The molecule has 202 valence electrons. The molecule has 0 saturated carbocycles. The van der Waals surface area contributed by atoms with E-state index in [1.165, 1.54) is 48.9 Å². The molecule has 9 heteroatoms. The van der Waals surface area contributed by atoms with Gasteiger partial charge in [0.1, 0.15) is 6.54 Å². The highest BCUT2D eigenvalue weighted by molar-refractivity contribution is 7.92. The Morgan fingerprint density at radius 3 is 2.29 bits per heavy atom. The van der Waals surface area contributed by atoms with E-state index in [4.69, 9.17) is 23.2 Å². The second kappa shape index (κ2) is 12.0. The number of benzene rings is 3. The number of nitrogens with one attached hydrogen (secondary N) is 1. The van der Waals surface area contributed by atoms with Crippen molar-refractivity contribution in [1.82, 2.24) is 5.32 Å². The zero-order valence-electron chi connectivity index (χ0n) is 21.8. The van der Waals surface area contributed by atoms with E-state index in [9.17, 15) is 13.2 Å². The number of hydrogen-bond donors (Lipinski definition) is 1. The predicted octanol–water partition coefficient (Wildman–Crippen LogP) is 6.61. The van der Waals surface area contributed by atoms with E-state index in [2.05, 4.69) is 29.3 Å². The van der Waals surface area contributed by atoms with Crippen molar-refractivity contribution in [2.75, 3.05) is 28.8 Å². The molecule has 0 spiro atoms. The number of rotatable bonds is 8. The Labute approximate surface area is 235 Å². The first-order valence-corrected chi connectivity index (χ1v) is 14.9. The van der Waals surface area contributed by atoms with Gasteiger partial charge in [0, 0.05) is 28.8 Å². The van der Waals surface area contributed by atoms with Crippen LogP contribution in [0.5, 0.6) is 0 Å². The van der Waals surface area contributed by atoms with Crippen LogP contribution in [-0.2, 0) is 14.8 Å². The van der Waals surface area contributed by atoms with Crippen LogP contribution in [0.2, 0.25) is 10.0 Å². The van der Waals surface area contributed by atoms with E-state index >= 15 is 0 Å². The molecule has 3 aromatic rings. The molecule has 1 aliphatic rings. The van der Waals surface area contributed by atoms with Gasteiger partial charge in [-0.3, -0.25) is 9.10 Å². The average Bonchev–Trinajstić information content (AvgIpc) is 2.87. The van der Waals surface area contributed by atoms with Crippen molar-refractivity contribution < 1.29 is 13.2 Å². The molecule has 1 N–H and O–H groups in total. The lowest BCUT2D eigenvalue weighted by Gasteiger charge is -2.33. The number of halogens is 2. The van der Waals surface area contributed by atoms with Gasteiger partial charge >= 0.3 is 0 Å². The third kappa shape index (κ3) is 6.82. The lowest BCUT2D eigenvalue weighted by atomic mass is 9.99. The fraction of sp³-hybridized carbons (Fsp3) is 0.345. The molecule has 2 atom stereocenters. The summed E-state index contributed by atoms with van der Waals surface area (Å²) in [6.45, 7) is 7.70. The van der Waals surface area contributed by atoms with Crippen LogP contribution in [0.1, 0.15) is 43.9 Å². The Hall–Kier alpha value is -2.74. The van der Waals surface area contributed by atoms with Crippen molar-refractivity contribution in [1.29, 1.82) is 0 Å². The second-order valence-corrected chi connectivity index (χ2v) is 12.8. The van der Waals surface area contributed by atoms with Crippen LogP contribution in [0.4, 0.5) is 11.4 Å². The minimum absolute atomic E-state index is 0.0719. The zero-order valence-corrected chi connectivity index (χ0v) is 24.2. The smallest absolute Gasteiger partial charge is 0.264 e. The summed E-state index contributed by atoms with van der Waals surface area (Å²) in [6, 6.07) is 18.8. The Kier molecular flexibility index (Phi) is 8.91. The zero-order chi connectivity index (χ0) is 27.4. The fourth-order valence-corrected chi connectivity index (χ4v) is 6.65. The van der Waals surface area contributed by atoms with E-state index < -0.39 is 22.5 Å². The molecule has 2 unspecified atom stereocenters. The van der Waals surface area contributed by atoms with E-state index in [1.54, 1.807) is 12.1 Å². The van der Waals surface area contributed by atoms with Gasteiger partial charge in [0.2, 0.25) is 5.91 Å². The molecule has 0 aromatic heterocycles. The molecule has 1 aliphatic heterocycles. The lowest BCUT2D eigenvalue weighted by molar-refractivity contribution is -0.120. The highest BCUT2D eigenvalue weighted by Crippen LogP contribution is 2.30. The molecule has 1 saturated heterocycles. The number of carbonyl (C=O) groups is 1. The summed E-state index contributed by atoms with van der Waals surface area (Å²) in [7, 11) is -4.07. The Bertz CT molecular complexity index is 1360. The SMILES string of the molecule is Cc1ccc(S(=O)(=O)N(CC(=O)NC(C)c2ccc(N3CCCC(C)C3)cc2)c2cc(Cl)cc(Cl)c2)cc1. The molecule has 0 bridgehead atoms. The first-order chi connectivity index (χ1) is 18.0. The van der Waals surface area contributed by atoms with E-state index in [1.807, 2.05) is 26.0 Å². The van der Waals surface area contributed by atoms with Crippen LogP contribution < -0.4 is 14.5 Å². The van der Waals surface area contributed by atoms with Crippen molar-refractivity contribution in [3.8, 4) is 0 Å². The van der Waals surface area contributed by atoms with E-state index in [0.717, 1.165) is 28.5 Å². The summed E-state index contributed by atoms with van der Waals surface area (Å²) in [5, 5.41) is 3.48. The highest BCUT2D eigenvalue weighted by Gasteiger charge is 2.28. The van der Waals surface area contributed by atoms with Crippen LogP contribution in [0.3, 0.4) is 0 Å². The number of aryl methyl sites for hydroxylation is 1. The number of piperidine rings is 1. The van der Waals surface area contributed by atoms with Gasteiger partial charge < -0.3 is 10.2 Å². The normalized spacial score (nSPS) is 16.7. The van der Waals surface area contributed by atoms with Crippen LogP contribution in [0.25, 0.3) is 0 Å². The number of carbonyl (C=O) groups excluding carboxylic acids is 1. The minimum atomic E-state index is -4.07. The van der Waals surface area contributed by atoms with Gasteiger partial charge in [0.05, 0.1) is 16.6 Å². The van der Waals surface area contributed by atoms with Gasteiger partial charge in [-0.05, 0) is 80.6 Å². The summed E-state index contributed by atoms with van der Waals surface area (Å²) in [5.41, 5.74) is 3.25. The monoisotopic (exact) mass is 573 g/mol. The average molecular weight is 575 g/mol. The van der Waals surface area contributed by atoms with Gasteiger partial charge in [0.15, 0.2) is 0 Å². The van der Waals surface area contributed by atoms with Crippen LogP contribution in [-0.4, -0.2) is 34.0 Å². The molecule has 3 aromatic carbocycles. The summed E-state index contributed by atoms with van der Waals surface area (Å²) in [6.07, 6.45) is 2.45. The first kappa shape index (κ1) is 28.3. The summed E-state index contributed by atoms with van der Waals surface area (Å²) in [4.78, 5) is 15.6. The number of anilines is 2. The van der Waals surface area contributed by atoms with Crippen molar-refractivity contribution in [2.24, 2.45) is 5.92 Å². The highest BCUT2D eigenvalue weighted by atomic mass is 35.5. The van der Waals surface area contributed by atoms with Gasteiger partial charge in [-0.15, -0.1) is 0 Å². The third-order valence-electron chi connectivity index (χ3n) is 6.82. The Balaban J connectivity index is 1.52. The quantitative estimate of drug-likeness (QED) is 0.329. The van der Waals surface area contributed by atoms with Crippen molar-refractivity contribution in [3.63, 3.8) is 0 Å². The number of nitrogens with zero attached hydrogens (tertiary/aromatic N) is 2. The topological polar surface area (TPSA) is 69.7 Å². The van der Waals surface area contributed by atoms with Gasteiger partial charge in [-0.1, -0.05) is 60.0 Å². The van der Waals surface area contributed by atoms with Crippen LogP contribution >= 0.6 is 23.2 Å². The Morgan fingerprint density at radius 2 is 1.68 bits per heavy atom. The molecule has 1 fully saturated rings. The standard InChI is InChI=1S/C29H33Cl2N3O3S/c1-20-6-12-28(13-7-20)38(36,37)34(27-16-24(30)15-25(31)17-27)19-29(35)32-22(3)23-8-10-26(11-9-23)33-14-4-5-21(2)18-33/h6-13,15-17,21-22H,4-5,14,18-19H2,1-3H3,(H,32,35). The van der Waals surface area contributed by atoms with E-state index in [-0.39, 0.29) is 26.7 Å². The van der Waals surface area contributed by atoms with Gasteiger partial charge in [-0.2, -0.15) is 0 Å². The maximum Gasteiger partial charge on any atom is 0.264 e. The molecule has 38 heavy (non-hydrogen) atoms. The third-order valence-corrected chi connectivity index (χ3v) is 9.05. The largest absolute Gasteiger partial charge is 0.371 e. The maximum atomic E-state index is 13.6. The maximum absolute atomic E-state index is 13.6. The Morgan fingerprint density at radius 1 is 1.05 bits per heavy atom. The summed E-state index contributed by atoms with van der Waals surface area (Å²) >= 11 is 12.4. The second-order valence-electron chi connectivity index (χ2n) is 10.0. The first-order valence-electron chi connectivity index (χ1n) is 12.7. The molecule has 4 rings (SSSR count). The molecular formula is C29H33Cl2N3O3S. The molecular weight excluding hydrogens is 541 g/mol. The summed E-state index contributed by atoms with van der Waals surface area (Å²) in [5.74, 6) is 0.230. The van der Waals surface area contributed by atoms with Crippen molar-refractivity contribution in [3.05, 3.63) is 87.9 Å². The molecule has 0 aliphatic carbocycles. The molecule has 1 heterocycles.